The molecule has 4 aliphatic rings. The minimum absolute atomic E-state index is 0.0562. The summed E-state index contributed by atoms with van der Waals surface area (Å²) in [5.74, 6) is 1.13. The van der Waals surface area contributed by atoms with Gasteiger partial charge in [-0.1, -0.05) is 0 Å². The number of carbonyl (C=O) groups is 2. The predicted molar refractivity (Wildman–Crippen MR) is 121 cm³/mol. The maximum atomic E-state index is 13.0. The maximum Gasteiger partial charge on any atom is 0.239 e. The fraction of sp³-hybridized carbons (Fsp3) is 0.652. The third-order valence-electron chi connectivity index (χ3n) is 7.24. The van der Waals surface area contributed by atoms with Gasteiger partial charge in [-0.3, -0.25) is 9.59 Å². The van der Waals surface area contributed by atoms with Crippen LogP contribution in [0.4, 0.5) is 0 Å². The topological polar surface area (TPSA) is 105 Å². The zero-order chi connectivity index (χ0) is 23.0. The number of Topliss-reactive ketones (excluding diaryl/α,β-unsaturated/α-hetero) is 1. The molecule has 1 aromatic rings. The number of carbonyl (C=O) groups excluding carboxylic acids is 2. The Balaban J connectivity index is 1.15. The molecule has 0 spiro atoms. The fourth-order valence-electron chi connectivity index (χ4n) is 5.29. The molecule has 0 radical (unpaired) electrons. The van der Waals surface area contributed by atoms with E-state index in [-0.39, 0.29) is 17.6 Å². The number of ketones is 1. The van der Waals surface area contributed by atoms with E-state index >= 15 is 0 Å². The average Bonchev–Trinajstić information content (AvgIpc) is 3.56. The summed E-state index contributed by atoms with van der Waals surface area (Å²) in [6.07, 6.45) is 3.32. The number of benzene rings is 1. The molecule has 2 atom stereocenters. The highest BCUT2D eigenvalue weighted by Gasteiger charge is 2.42. The van der Waals surface area contributed by atoms with Crippen molar-refractivity contribution in [2.24, 2.45) is 5.92 Å². The monoisotopic (exact) mass is 477 g/mol. The van der Waals surface area contributed by atoms with Crippen molar-refractivity contribution in [2.45, 2.75) is 43.4 Å². The van der Waals surface area contributed by atoms with Gasteiger partial charge in [-0.15, -0.1) is 0 Å². The van der Waals surface area contributed by atoms with E-state index in [9.17, 15) is 18.0 Å². The third kappa shape index (κ3) is 4.48. The zero-order valence-electron chi connectivity index (χ0n) is 18.7. The van der Waals surface area contributed by atoms with Gasteiger partial charge in [0.1, 0.15) is 13.2 Å². The van der Waals surface area contributed by atoms with Crippen LogP contribution < -0.4 is 14.8 Å². The molecule has 10 heteroatoms. The lowest BCUT2D eigenvalue weighted by Crippen LogP contribution is -2.47. The summed E-state index contributed by atoms with van der Waals surface area (Å²) in [5.41, 5.74) is 0.608. The van der Waals surface area contributed by atoms with Gasteiger partial charge in [0.15, 0.2) is 17.3 Å². The van der Waals surface area contributed by atoms with E-state index in [1.165, 1.54) is 0 Å². The minimum atomic E-state index is -3.36. The second-order valence-corrected chi connectivity index (χ2v) is 11.5. The SMILES string of the molecule is O=C(c1ccc2c(c1)OCCO2)C1CCN(C(=O)C2CC(S(=O)(=O)N3CCCC3)CN2)CC1. The number of hydrogen-bond donors (Lipinski definition) is 1. The molecule has 5 rings (SSSR count). The van der Waals surface area contributed by atoms with Crippen LogP contribution in [0.2, 0.25) is 0 Å². The predicted octanol–water partition coefficient (Wildman–Crippen LogP) is 1.04. The molecule has 3 saturated heterocycles. The molecule has 2 unspecified atom stereocenters. The van der Waals surface area contributed by atoms with Gasteiger partial charge in [0.05, 0.1) is 11.3 Å². The Morgan fingerprint density at radius 3 is 2.39 bits per heavy atom. The molecule has 4 heterocycles. The average molecular weight is 478 g/mol. The van der Waals surface area contributed by atoms with E-state index in [4.69, 9.17) is 9.47 Å². The van der Waals surface area contributed by atoms with Gasteiger partial charge in [0.25, 0.3) is 0 Å². The van der Waals surface area contributed by atoms with Crippen molar-refractivity contribution >= 4 is 21.7 Å². The lowest BCUT2D eigenvalue weighted by atomic mass is 9.88. The van der Waals surface area contributed by atoms with E-state index in [0.29, 0.717) is 82.3 Å². The second kappa shape index (κ2) is 9.23. The standard InChI is InChI=1S/C23H31N3O6S/c27-22(17-3-4-20-21(13-17)32-12-11-31-20)16-5-9-25(10-6-16)23(28)19-14-18(15-24-19)33(29,30)26-7-1-2-8-26/h3-4,13,16,18-19,24H,1-2,5-12,14-15H2. The molecule has 3 fully saturated rings. The molecule has 180 valence electrons. The Morgan fingerprint density at radius 2 is 1.67 bits per heavy atom. The van der Waals surface area contributed by atoms with E-state index in [2.05, 4.69) is 5.32 Å². The van der Waals surface area contributed by atoms with E-state index < -0.39 is 21.3 Å². The first kappa shape index (κ1) is 22.6. The van der Waals surface area contributed by atoms with Crippen LogP contribution in [-0.2, 0) is 14.8 Å². The smallest absolute Gasteiger partial charge is 0.239 e. The maximum absolute atomic E-state index is 13.0. The highest BCUT2D eigenvalue weighted by Crippen LogP contribution is 2.33. The van der Waals surface area contributed by atoms with Gasteiger partial charge in [-0.05, 0) is 50.3 Å². The molecule has 4 aliphatic heterocycles. The summed E-state index contributed by atoms with van der Waals surface area (Å²) in [7, 11) is -3.36. The fourth-order valence-corrected chi connectivity index (χ4v) is 7.22. The van der Waals surface area contributed by atoms with Crippen molar-refractivity contribution in [1.82, 2.24) is 14.5 Å². The summed E-state index contributed by atoms with van der Waals surface area (Å²) in [5, 5.41) is 2.59. The molecule has 33 heavy (non-hydrogen) atoms. The van der Waals surface area contributed by atoms with Gasteiger partial charge in [0, 0.05) is 44.2 Å². The molecule has 1 N–H and O–H groups in total. The molecule has 1 aromatic carbocycles. The Hall–Kier alpha value is -2.17. The van der Waals surface area contributed by atoms with Crippen LogP contribution in [0, 0.1) is 5.92 Å². The van der Waals surface area contributed by atoms with Gasteiger partial charge in [0.2, 0.25) is 15.9 Å². The molecule has 0 saturated carbocycles. The number of nitrogens with zero attached hydrogens (tertiary/aromatic N) is 2. The zero-order valence-corrected chi connectivity index (χ0v) is 19.5. The highest BCUT2D eigenvalue weighted by atomic mass is 32.2. The number of amides is 1. The second-order valence-electron chi connectivity index (χ2n) is 9.29. The van der Waals surface area contributed by atoms with Crippen molar-refractivity contribution < 1.29 is 27.5 Å². The Kier molecular flexibility index (Phi) is 6.32. The van der Waals surface area contributed by atoms with Gasteiger partial charge in [-0.2, -0.15) is 0 Å². The van der Waals surface area contributed by atoms with Crippen molar-refractivity contribution in [3.8, 4) is 11.5 Å². The van der Waals surface area contributed by atoms with Crippen molar-refractivity contribution in [1.29, 1.82) is 0 Å². The summed E-state index contributed by atoms with van der Waals surface area (Å²) in [6, 6.07) is 4.82. The van der Waals surface area contributed by atoms with Gasteiger partial charge in [-0.25, -0.2) is 12.7 Å². The first-order chi connectivity index (χ1) is 15.9. The summed E-state index contributed by atoms with van der Waals surface area (Å²) in [4.78, 5) is 27.8. The van der Waals surface area contributed by atoms with Gasteiger partial charge >= 0.3 is 0 Å². The van der Waals surface area contributed by atoms with Crippen molar-refractivity contribution in [3.63, 3.8) is 0 Å². The van der Waals surface area contributed by atoms with Crippen LogP contribution in [0.15, 0.2) is 18.2 Å². The first-order valence-corrected chi connectivity index (χ1v) is 13.4. The summed E-state index contributed by atoms with van der Waals surface area (Å²) in [6.45, 7) is 3.47. The number of hydrogen-bond acceptors (Lipinski definition) is 7. The normalized spacial score (nSPS) is 26.5. The number of fused-ring (bicyclic) bond motifs is 1. The molecule has 0 bridgehead atoms. The van der Waals surface area contributed by atoms with Crippen LogP contribution in [0.1, 0.15) is 42.5 Å². The van der Waals surface area contributed by atoms with E-state index in [0.717, 1.165) is 12.8 Å². The van der Waals surface area contributed by atoms with Crippen LogP contribution in [0.5, 0.6) is 11.5 Å². The van der Waals surface area contributed by atoms with E-state index in [1.54, 1.807) is 27.4 Å². The first-order valence-electron chi connectivity index (χ1n) is 11.9. The molecular formula is C23H31N3O6S. The number of piperidine rings is 1. The van der Waals surface area contributed by atoms with Crippen LogP contribution >= 0.6 is 0 Å². The molecular weight excluding hydrogens is 446 g/mol. The molecule has 0 aromatic heterocycles. The van der Waals surface area contributed by atoms with Crippen LogP contribution in [0.3, 0.4) is 0 Å². The van der Waals surface area contributed by atoms with Crippen molar-refractivity contribution in [3.05, 3.63) is 23.8 Å². The summed E-state index contributed by atoms with van der Waals surface area (Å²) >= 11 is 0. The lowest BCUT2D eigenvalue weighted by molar-refractivity contribution is -0.134. The van der Waals surface area contributed by atoms with E-state index in [1.807, 2.05) is 0 Å². The number of rotatable bonds is 5. The van der Waals surface area contributed by atoms with Crippen LogP contribution in [0.25, 0.3) is 0 Å². The number of likely N-dealkylation sites (tertiary alicyclic amines) is 1. The van der Waals surface area contributed by atoms with Crippen LogP contribution in [-0.4, -0.2) is 86.5 Å². The quantitative estimate of drug-likeness (QED) is 0.632. The Bertz CT molecular complexity index is 1020. The minimum Gasteiger partial charge on any atom is -0.486 e. The largest absolute Gasteiger partial charge is 0.486 e. The molecule has 0 aliphatic carbocycles. The Morgan fingerprint density at radius 1 is 0.970 bits per heavy atom. The third-order valence-corrected chi connectivity index (χ3v) is 9.53. The molecule has 1 amide bonds. The highest BCUT2D eigenvalue weighted by molar-refractivity contribution is 7.89. The van der Waals surface area contributed by atoms with Gasteiger partial charge < -0.3 is 19.7 Å². The van der Waals surface area contributed by atoms with Crippen molar-refractivity contribution in [2.75, 3.05) is 45.9 Å². The number of nitrogens with one attached hydrogen (secondary N) is 1. The summed E-state index contributed by atoms with van der Waals surface area (Å²) < 4.78 is 38.3. The number of ether oxygens (including phenoxy) is 2. The molecule has 9 nitrogen and oxygen atoms in total. The Labute approximate surface area is 194 Å². The lowest BCUT2D eigenvalue weighted by Gasteiger charge is -2.33. The number of sulfonamides is 1.